The Morgan fingerprint density at radius 3 is 2.65 bits per heavy atom. The number of hydrogen-bond acceptors (Lipinski definition) is 5. The van der Waals surface area contributed by atoms with Crippen LogP contribution in [0.4, 0.5) is 10.2 Å². The SMILES string of the molecule is CCc1ccc(CCCCNCC(F)COC)nc1NC.CN. The Balaban J connectivity index is 0.00000232. The summed E-state index contributed by atoms with van der Waals surface area (Å²) in [6.07, 6.45) is 3.09. The predicted molar refractivity (Wildman–Crippen MR) is 95.9 cm³/mol. The lowest BCUT2D eigenvalue weighted by atomic mass is 10.1. The van der Waals surface area contributed by atoms with Gasteiger partial charge >= 0.3 is 0 Å². The molecule has 0 bridgehead atoms. The van der Waals surface area contributed by atoms with Gasteiger partial charge in [0.1, 0.15) is 12.0 Å². The molecule has 0 aliphatic rings. The number of hydrogen-bond donors (Lipinski definition) is 3. The fourth-order valence-corrected chi connectivity index (χ4v) is 2.22. The van der Waals surface area contributed by atoms with Crippen molar-refractivity contribution in [3.8, 4) is 0 Å². The molecule has 0 saturated carbocycles. The van der Waals surface area contributed by atoms with Gasteiger partial charge in [-0.05, 0) is 50.9 Å². The number of aromatic nitrogens is 1. The molecule has 0 aliphatic carbocycles. The molecule has 0 spiro atoms. The van der Waals surface area contributed by atoms with Gasteiger partial charge in [-0.1, -0.05) is 13.0 Å². The van der Waals surface area contributed by atoms with Crippen LogP contribution in [-0.4, -0.2) is 52.1 Å². The van der Waals surface area contributed by atoms with Crippen LogP contribution in [0.25, 0.3) is 0 Å². The average Bonchev–Trinajstić information content (AvgIpc) is 2.59. The van der Waals surface area contributed by atoms with E-state index < -0.39 is 6.17 Å². The Bertz CT molecular complexity index is 404. The molecular formula is C17H33FN4O. The standard InChI is InChI=1S/C16H28FN3O.CH5N/c1-4-13-8-9-15(20-16(13)18-2)7-5-6-10-19-11-14(17)12-21-3;1-2/h8-9,14,19H,4-7,10-12H2,1-3H3,(H,18,20);2H2,1H3. The van der Waals surface area contributed by atoms with Gasteiger partial charge in [-0.2, -0.15) is 0 Å². The van der Waals surface area contributed by atoms with Crippen LogP contribution < -0.4 is 16.4 Å². The van der Waals surface area contributed by atoms with Crippen LogP contribution >= 0.6 is 0 Å². The number of unbranched alkanes of at least 4 members (excludes halogenated alkanes) is 1. The first kappa shape index (κ1) is 21.8. The molecule has 0 saturated heterocycles. The zero-order valence-corrected chi connectivity index (χ0v) is 15.0. The van der Waals surface area contributed by atoms with Crippen LogP contribution in [0, 0.1) is 0 Å². The van der Waals surface area contributed by atoms with Crippen molar-refractivity contribution in [2.45, 2.75) is 38.8 Å². The fourth-order valence-electron chi connectivity index (χ4n) is 2.22. The molecule has 0 aliphatic heterocycles. The van der Waals surface area contributed by atoms with Crippen LogP contribution in [-0.2, 0) is 17.6 Å². The minimum atomic E-state index is -0.920. The van der Waals surface area contributed by atoms with E-state index in [0.29, 0.717) is 6.54 Å². The lowest BCUT2D eigenvalue weighted by molar-refractivity contribution is 0.123. The van der Waals surface area contributed by atoms with Crippen molar-refractivity contribution in [3.63, 3.8) is 0 Å². The Hall–Kier alpha value is -1.24. The number of anilines is 1. The van der Waals surface area contributed by atoms with Crippen LogP contribution in [0.3, 0.4) is 0 Å². The molecular weight excluding hydrogens is 295 g/mol. The molecule has 0 aromatic carbocycles. The highest BCUT2D eigenvalue weighted by atomic mass is 19.1. The van der Waals surface area contributed by atoms with E-state index in [9.17, 15) is 4.39 Å². The van der Waals surface area contributed by atoms with Crippen LogP contribution in [0.15, 0.2) is 12.1 Å². The van der Waals surface area contributed by atoms with E-state index in [1.54, 1.807) is 0 Å². The highest BCUT2D eigenvalue weighted by Crippen LogP contribution is 2.14. The molecule has 1 unspecified atom stereocenters. The van der Waals surface area contributed by atoms with E-state index in [2.05, 4.69) is 40.4 Å². The van der Waals surface area contributed by atoms with Gasteiger partial charge in [-0.25, -0.2) is 9.37 Å². The quantitative estimate of drug-likeness (QED) is 0.543. The third kappa shape index (κ3) is 9.48. The van der Waals surface area contributed by atoms with E-state index in [-0.39, 0.29) is 6.61 Å². The second-order valence-electron chi connectivity index (χ2n) is 5.13. The van der Waals surface area contributed by atoms with Gasteiger partial charge in [-0.3, -0.25) is 0 Å². The number of nitrogens with one attached hydrogen (secondary N) is 2. The van der Waals surface area contributed by atoms with Crippen LogP contribution in [0.2, 0.25) is 0 Å². The lowest BCUT2D eigenvalue weighted by Gasteiger charge is -2.10. The topological polar surface area (TPSA) is 72.2 Å². The summed E-state index contributed by atoms with van der Waals surface area (Å²) in [7, 11) is 4.92. The lowest BCUT2D eigenvalue weighted by Crippen LogP contribution is -2.27. The number of nitrogens with two attached hydrogens (primary N) is 1. The molecule has 1 atom stereocenters. The van der Waals surface area contributed by atoms with Crippen molar-refractivity contribution in [3.05, 3.63) is 23.4 Å². The van der Waals surface area contributed by atoms with Gasteiger partial charge in [0.15, 0.2) is 0 Å². The Labute approximate surface area is 140 Å². The Kier molecular flexibility index (Phi) is 13.6. The summed E-state index contributed by atoms with van der Waals surface area (Å²) in [5.41, 5.74) is 6.86. The van der Waals surface area contributed by atoms with Crippen molar-refractivity contribution in [1.82, 2.24) is 10.3 Å². The number of halogens is 1. The summed E-state index contributed by atoms with van der Waals surface area (Å²) in [4.78, 5) is 4.62. The predicted octanol–water partition coefficient (Wildman–Crippen LogP) is 2.16. The number of methoxy groups -OCH3 is 1. The summed E-state index contributed by atoms with van der Waals surface area (Å²) < 4.78 is 17.9. The minimum absolute atomic E-state index is 0.160. The van der Waals surface area contributed by atoms with Gasteiger partial charge in [0, 0.05) is 26.4 Å². The summed E-state index contributed by atoms with van der Waals surface area (Å²) in [6.45, 7) is 3.48. The van der Waals surface area contributed by atoms with Crippen molar-refractivity contribution in [1.29, 1.82) is 0 Å². The monoisotopic (exact) mass is 328 g/mol. The van der Waals surface area contributed by atoms with E-state index in [0.717, 1.165) is 43.7 Å². The third-order valence-electron chi connectivity index (χ3n) is 3.40. The smallest absolute Gasteiger partial charge is 0.136 e. The molecule has 0 fully saturated rings. The molecule has 23 heavy (non-hydrogen) atoms. The average molecular weight is 328 g/mol. The molecule has 1 aromatic rings. The first-order valence-corrected chi connectivity index (χ1v) is 8.29. The molecule has 0 amide bonds. The zero-order chi connectivity index (χ0) is 17.5. The number of rotatable bonds is 11. The molecule has 134 valence electrons. The van der Waals surface area contributed by atoms with E-state index >= 15 is 0 Å². The van der Waals surface area contributed by atoms with E-state index in [1.165, 1.54) is 19.7 Å². The summed E-state index contributed by atoms with van der Waals surface area (Å²) in [5, 5.41) is 6.25. The minimum Gasteiger partial charge on any atom is -0.382 e. The van der Waals surface area contributed by atoms with Crippen LogP contribution in [0.5, 0.6) is 0 Å². The molecule has 4 N–H and O–H groups in total. The van der Waals surface area contributed by atoms with Crippen LogP contribution in [0.1, 0.15) is 31.0 Å². The van der Waals surface area contributed by atoms with Crippen molar-refractivity contribution in [2.24, 2.45) is 5.73 Å². The number of nitrogens with zero attached hydrogens (tertiary/aromatic N) is 1. The first-order valence-electron chi connectivity index (χ1n) is 8.29. The van der Waals surface area contributed by atoms with Gasteiger partial charge < -0.3 is 21.1 Å². The van der Waals surface area contributed by atoms with Gasteiger partial charge in [-0.15, -0.1) is 0 Å². The fraction of sp³-hybridized carbons (Fsp3) is 0.706. The van der Waals surface area contributed by atoms with Crippen molar-refractivity contribution < 1.29 is 9.13 Å². The molecule has 0 radical (unpaired) electrons. The maximum Gasteiger partial charge on any atom is 0.136 e. The van der Waals surface area contributed by atoms with Gasteiger partial charge in [0.25, 0.3) is 0 Å². The maximum absolute atomic E-state index is 13.1. The molecule has 1 aromatic heterocycles. The largest absolute Gasteiger partial charge is 0.382 e. The van der Waals surface area contributed by atoms with Gasteiger partial charge in [0.05, 0.1) is 6.61 Å². The molecule has 5 nitrogen and oxygen atoms in total. The number of pyridine rings is 1. The maximum atomic E-state index is 13.1. The first-order chi connectivity index (χ1) is 11.2. The molecule has 1 heterocycles. The number of aryl methyl sites for hydroxylation is 2. The zero-order valence-electron chi connectivity index (χ0n) is 15.0. The normalized spacial score (nSPS) is 11.6. The summed E-state index contributed by atoms with van der Waals surface area (Å²) in [6, 6.07) is 4.24. The number of alkyl halides is 1. The summed E-state index contributed by atoms with van der Waals surface area (Å²) in [5.74, 6) is 0.980. The second kappa shape index (κ2) is 14.4. The highest BCUT2D eigenvalue weighted by Gasteiger charge is 2.05. The summed E-state index contributed by atoms with van der Waals surface area (Å²) >= 11 is 0. The Morgan fingerprint density at radius 2 is 2.04 bits per heavy atom. The van der Waals surface area contributed by atoms with Crippen molar-refractivity contribution in [2.75, 3.05) is 46.2 Å². The Morgan fingerprint density at radius 1 is 1.30 bits per heavy atom. The van der Waals surface area contributed by atoms with Gasteiger partial charge in [0.2, 0.25) is 0 Å². The molecule has 1 rings (SSSR count). The highest BCUT2D eigenvalue weighted by molar-refractivity contribution is 5.44. The second-order valence-corrected chi connectivity index (χ2v) is 5.13. The number of ether oxygens (including phenoxy) is 1. The van der Waals surface area contributed by atoms with Crippen molar-refractivity contribution >= 4 is 5.82 Å². The van der Waals surface area contributed by atoms with E-state index in [1.807, 2.05) is 7.05 Å². The van der Waals surface area contributed by atoms with E-state index in [4.69, 9.17) is 4.74 Å². The molecule has 6 heteroatoms. The third-order valence-corrected chi connectivity index (χ3v) is 3.40.